The van der Waals surface area contributed by atoms with Crippen LogP contribution in [0.2, 0.25) is 5.02 Å². The molecule has 0 aliphatic carbocycles. The highest BCUT2D eigenvalue weighted by Crippen LogP contribution is 2.48. The van der Waals surface area contributed by atoms with Gasteiger partial charge < -0.3 is 26.8 Å². The molecule has 0 radical (unpaired) electrons. The highest BCUT2D eigenvalue weighted by atomic mass is 35.5. The molecule has 2 saturated heterocycles. The average molecular weight is 459 g/mol. The number of carbonyl (C=O) groups is 3. The Morgan fingerprint density at radius 1 is 1.09 bits per heavy atom. The second-order valence-corrected chi connectivity index (χ2v) is 8.58. The summed E-state index contributed by atoms with van der Waals surface area (Å²) in [5.74, 6) is -0.866. The van der Waals surface area contributed by atoms with E-state index in [1.54, 1.807) is 53.4 Å². The van der Waals surface area contributed by atoms with Gasteiger partial charge in [0.25, 0.3) is 11.8 Å². The number of anilines is 1. The standard InChI is InChI=1S/C22H24ClN5O4/c23-15-3-7-18(8-4-15)28(21(26)31)12-16(24)11-22(28,20(25)30)14-1-5-17(6-2-14)27-9-10-32-13-19(27)29/h1-8,16H,9-13,24H2,(H3-,25,26,30,31)/p+1/t16-,22+,28?/m0/s1. The zero-order chi connectivity index (χ0) is 23.1. The fourth-order valence-electron chi connectivity index (χ4n) is 5.01. The van der Waals surface area contributed by atoms with Gasteiger partial charge in [0.1, 0.15) is 18.8 Å². The van der Waals surface area contributed by atoms with Crippen LogP contribution in [0.5, 0.6) is 0 Å². The van der Waals surface area contributed by atoms with Crippen LogP contribution in [0.15, 0.2) is 48.5 Å². The van der Waals surface area contributed by atoms with Gasteiger partial charge in [0.15, 0.2) is 0 Å². The van der Waals surface area contributed by atoms with Gasteiger partial charge in [0.05, 0.1) is 12.6 Å². The predicted octanol–water partition coefficient (Wildman–Crippen LogP) is 1.20. The van der Waals surface area contributed by atoms with Crippen LogP contribution in [0, 0.1) is 0 Å². The third-order valence-electron chi connectivity index (χ3n) is 6.41. The van der Waals surface area contributed by atoms with Gasteiger partial charge in [0, 0.05) is 41.4 Å². The average Bonchev–Trinajstić information content (AvgIpc) is 3.10. The predicted molar refractivity (Wildman–Crippen MR) is 121 cm³/mol. The van der Waals surface area contributed by atoms with Gasteiger partial charge in [-0.1, -0.05) is 23.7 Å². The van der Waals surface area contributed by atoms with E-state index in [-0.39, 0.29) is 25.5 Å². The number of benzene rings is 2. The van der Waals surface area contributed by atoms with Gasteiger partial charge in [-0.2, -0.15) is 4.48 Å². The van der Waals surface area contributed by atoms with Crippen LogP contribution in [-0.2, 0) is 19.9 Å². The molecule has 9 nitrogen and oxygen atoms in total. The van der Waals surface area contributed by atoms with Crippen LogP contribution in [0.25, 0.3) is 0 Å². The van der Waals surface area contributed by atoms with Crippen LogP contribution >= 0.6 is 11.6 Å². The third kappa shape index (κ3) is 3.25. The topological polar surface area (TPSA) is 142 Å². The number of morpholine rings is 1. The monoisotopic (exact) mass is 458 g/mol. The van der Waals surface area contributed by atoms with Gasteiger partial charge >= 0.3 is 6.03 Å². The Bertz CT molecular complexity index is 1060. The maximum atomic E-state index is 13.1. The molecule has 0 aromatic heterocycles. The molecule has 0 saturated carbocycles. The first-order valence-corrected chi connectivity index (χ1v) is 10.6. The molecule has 6 N–H and O–H groups in total. The molecule has 2 aromatic carbocycles. The quantitative estimate of drug-likeness (QED) is 0.590. The van der Waals surface area contributed by atoms with Crippen molar-refractivity contribution in [1.82, 2.24) is 4.48 Å². The lowest BCUT2D eigenvalue weighted by molar-refractivity contribution is -0.127. The van der Waals surface area contributed by atoms with E-state index < -0.39 is 28.0 Å². The van der Waals surface area contributed by atoms with Crippen molar-refractivity contribution in [1.29, 1.82) is 0 Å². The number of amides is 4. The summed E-state index contributed by atoms with van der Waals surface area (Å²) in [4.78, 5) is 39.9. The summed E-state index contributed by atoms with van der Waals surface area (Å²) >= 11 is 6.05. The van der Waals surface area contributed by atoms with Crippen molar-refractivity contribution in [2.75, 3.05) is 31.2 Å². The summed E-state index contributed by atoms with van der Waals surface area (Å²) in [5, 5.41) is 0.476. The van der Waals surface area contributed by atoms with Crippen LogP contribution in [0.3, 0.4) is 0 Å². The summed E-state index contributed by atoms with van der Waals surface area (Å²) in [7, 11) is 0. The number of nitrogens with two attached hydrogens (primary N) is 3. The SMILES string of the molecule is NC(=O)[C@]1(c2ccc(N3CCOCC3=O)cc2)C[C@H](N)C[N+]1(C(N)=O)c1ccc(Cl)cc1. The second kappa shape index (κ2) is 8.18. The van der Waals surface area contributed by atoms with E-state index in [1.807, 2.05) is 0 Å². The number of primary amides is 2. The highest BCUT2D eigenvalue weighted by molar-refractivity contribution is 6.30. The lowest BCUT2D eigenvalue weighted by Gasteiger charge is -2.43. The van der Waals surface area contributed by atoms with E-state index in [0.29, 0.717) is 35.1 Å². The van der Waals surface area contributed by atoms with E-state index >= 15 is 0 Å². The molecule has 0 spiro atoms. The molecule has 2 fully saturated rings. The Hall–Kier alpha value is -2.98. The lowest BCUT2D eigenvalue weighted by atomic mass is 9.83. The molecule has 32 heavy (non-hydrogen) atoms. The number of halogens is 1. The minimum Gasteiger partial charge on any atom is -0.370 e. The van der Waals surface area contributed by atoms with Gasteiger partial charge in [0.2, 0.25) is 5.54 Å². The molecule has 3 atom stereocenters. The van der Waals surface area contributed by atoms with Gasteiger partial charge in [-0.15, -0.1) is 0 Å². The lowest BCUT2D eigenvalue weighted by Crippen LogP contribution is -2.70. The summed E-state index contributed by atoms with van der Waals surface area (Å²) in [6.45, 7) is 0.978. The maximum Gasteiger partial charge on any atom is 0.420 e. The van der Waals surface area contributed by atoms with Crippen LogP contribution < -0.4 is 26.6 Å². The Balaban J connectivity index is 1.87. The molecule has 0 bridgehead atoms. The Kier molecular flexibility index (Phi) is 5.68. The molecule has 4 amide bonds. The maximum absolute atomic E-state index is 13.1. The molecule has 2 aliphatic heterocycles. The Morgan fingerprint density at radius 3 is 2.31 bits per heavy atom. The van der Waals surface area contributed by atoms with Crippen molar-refractivity contribution in [2.45, 2.75) is 18.0 Å². The molecule has 1 unspecified atom stereocenters. The number of hydrogen-bond donors (Lipinski definition) is 3. The molecule has 4 rings (SSSR count). The van der Waals surface area contributed by atoms with E-state index in [1.165, 1.54) is 0 Å². The fourth-order valence-corrected chi connectivity index (χ4v) is 5.14. The largest absolute Gasteiger partial charge is 0.420 e. The molecule has 2 aliphatic rings. The molecular weight excluding hydrogens is 434 g/mol. The van der Waals surface area contributed by atoms with Crippen LogP contribution in [-0.4, -0.2) is 50.2 Å². The molecule has 10 heteroatoms. The van der Waals surface area contributed by atoms with Crippen molar-refractivity contribution in [3.63, 3.8) is 0 Å². The number of hydrogen-bond acceptors (Lipinski definition) is 5. The number of quaternary nitrogens is 1. The summed E-state index contributed by atoms with van der Waals surface area (Å²) < 4.78 is 4.63. The van der Waals surface area contributed by atoms with Crippen molar-refractivity contribution < 1.29 is 19.1 Å². The van der Waals surface area contributed by atoms with Crippen molar-refractivity contribution in [3.8, 4) is 0 Å². The Morgan fingerprint density at radius 2 is 1.75 bits per heavy atom. The zero-order valence-corrected chi connectivity index (χ0v) is 18.1. The molecule has 168 valence electrons. The summed E-state index contributed by atoms with van der Waals surface area (Å²) in [5.41, 5.74) is 18.4. The minimum atomic E-state index is -1.52. The minimum absolute atomic E-state index is 0.0140. The summed E-state index contributed by atoms with van der Waals surface area (Å²) in [6.07, 6.45) is 0.129. The summed E-state index contributed by atoms with van der Waals surface area (Å²) in [6, 6.07) is 12.2. The first kappa shape index (κ1) is 22.2. The number of nitrogens with zero attached hydrogens (tertiary/aromatic N) is 2. The third-order valence-corrected chi connectivity index (χ3v) is 6.66. The number of carbonyl (C=O) groups excluding carboxylic acids is 3. The second-order valence-electron chi connectivity index (χ2n) is 8.14. The fraction of sp³-hybridized carbons (Fsp3) is 0.318. The van der Waals surface area contributed by atoms with Gasteiger partial charge in [-0.25, -0.2) is 4.79 Å². The smallest absolute Gasteiger partial charge is 0.370 e. The van der Waals surface area contributed by atoms with E-state index in [9.17, 15) is 14.4 Å². The molecule has 2 aromatic rings. The number of rotatable bonds is 4. The zero-order valence-electron chi connectivity index (χ0n) is 17.4. The number of ether oxygens (including phenoxy) is 1. The normalized spacial score (nSPS) is 28.0. The Labute approximate surface area is 190 Å². The number of urea groups is 1. The van der Waals surface area contributed by atoms with Crippen molar-refractivity contribution >= 4 is 40.8 Å². The first-order valence-electron chi connectivity index (χ1n) is 10.2. The van der Waals surface area contributed by atoms with Crippen molar-refractivity contribution in [2.24, 2.45) is 17.2 Å². The first-order chi connectivity index (χ1) is 15.2. The highest BCUT2D eigenvalue weighted by Gasteiger charge is 2.67. The molecule has 2 heterocycles. The van der Waals surface area contributed by atoms with E-state index in [0.717, 1.165) is 0 Å². The van der Waals surface area contributed by atoms with Crippen molar-refractivity contribution in [3.05, 3.63) is 59.1 Å². The van der Waals surface area contributed by atoms with E-state index in [4.69, 9.17) is 33.5 Å². The van der Waals surface area contributed by atoms with Crippen LogP contribution in [0.1, 0.15) is 12.0 Å². The number of likely N-dealkylation sites (tertiary alicyclic amines) is 1. The van der Waals surface area contributed by atoms with Crippen LogP contribution in [0.4, 0.5) is 16.2 Å². The van der Waals surface area contributed by atoms with E-state index in [2.05, 4.69) is 0 Å². The van der Waals surface area contributed by atoms with Gasteiger partial charge in [-0.3, -0.25) is 9.59 Å². The van der Waals surface area contributed by atoms with Gasteiger partial charge in [-0.05, 0) is 24.3 Å². The molecular formula is C22H25ClN5O4+.